The summed E-state index contributed by atoms with van der Waals surface area (Å²) in [5, 5.41) is 3.19. The quantitative estimate of drug-likeness (QED) is 0.719. The summed E-state index contributed by atoms with van der Waals surface area (Å²) in [6.45, 7) is 5.78. The molecule has 4 heteroatoms. The fraction of sp³-hybridized carbons (Fsp3) is 0.667. The molecule has 1 fully saturated rings. The van der Waals surface area contributed by atoms with Crippen LogP contribution in [0.1, 0.15) is 52.4 Å². The van der Waals surface area contributed by atoms with E-state index in [1.54, 1.807) is 7.11 Å². The largest absolute Gasteiger partial charge is 0.493 e. The summed E-state index contributed by atoms with van der Waals surface area (Å²) < 4.78 is 11.2. The molecule has 0 heterocycles. The Morgan fingerprint density at radius 3 is 2.48 bits per heavy atom. The Labute approximate surface area is 152 Å². The van der Waals surface area contributed by atoms with Crippen LogP contribution in [0.15, 0.2) is 24.3 Å². The van der Waals surface area contributed by atoms with Gasteiger partial charge in [0.25, 0.3) is 0 Å². The SMILES string of the molecule is COc1ccccc1OCCC(CNC(=O)C1CCCCC1)C(C)C. The molecule has 0 spiro atoms. The van der Waals surface area contributed by atoms with Crippen molar-refractivity contribution in [3.05, 3.63) is 24.3 Å². The maximum atomic E-state index is 12.3. The second-order valence-corrected chi connectivity index (χ2v) is 7.37. The van der Waals surface area contributed by atoms with Crippen LogP contribution in [0.3, 0.4) is 0 Å². The highest BCUT2D eigenvalue weighted by Gasteiger charge is 2.22. The average molecular weight is 347 g/mol. The highest BCUT2D eigenvalue weighted by molar-refractivity contribution is 5.78. The van der Waals surface area contributed by atoms with E-state index >= 15 is 0 Å². The van der Waals surface area contributed by atoms with E-state index in [9.17, 15) is 4.79 Å². The molecular weight excluding hydrogens is 314 g/mol. The van der Waals surface area contributed by atoms with Crippen molar-refractivity contribution >= 4 is 5.91 Å². The molecule has 25 heavy (non-hydrogen) atoms. The van der Waals surface area contributed by atoms with Crippen molar-refractivity contribution < 1.29 is 14.3 Å². The summed E-state index contributed by atoms with van der Waals surface area (Å²) in [5.41, 5.74) is 0. The zero-order chi connectivity index (χ0) is 18.1. The minimum absolute atomic E-state index is 0.228. The van der Waals surface area contributed by atoms with Crippen LogP contribution in [-0.2, 0) is 4.79 Å². The first-order valence-corrected chi connectivity index (χ1v) is 9.65. The fourth-order valence-corrected chi connectivity index (χ4v) is 3.47. The monoisotopic (exact) mass is 347 g/mol. The summed E-state index contributed by atoms with van der Waals surface area (Å²) in [6, 6.07) is 7.71. The van der Waals surface area contributed by atoms with E-state index in [0.717, 1.165) is 37.3 Å². The molecule has 1 unspecified atom stereocenters. The number of methoxy groups -OCH3 is 1. The molecule has 0 bridgehead atoms. The number of amides is 1. The third kappa shape index (κ3) is 6.26. The van der Waals surface area contributed by atoms with E-state index < -0.39 is 0 Å². The van der Waals surface area contributed by atoms with Gasteiger partial charge < -0.3 is 14.8 Å². The topological polar surface area (TPSA) is 47.6 Å². The van der Waals surface area contributed by atoms with Crippen molar-refractivity contribution in [3.63, 3.8) is 0 Å². The second-order valence-electron chi connectivity index (χ2n) is 7.37. The van der Waals surface area contributed by atoms with Gasteiger partial charge in [-0.2, -0.15) is 0 Å². The Kier molecular flexibility index (Phi) is 8.10. The van der Waals surface area contributed by atoms with Gasteiger partial charge in [-0.15, -0.1) is 0 Å². The third-order valence-corrected chi connectivity index (χ3v) is 5.27. The van der Waals surface area contributed by atoms with Gasteiger partial charge >= 0.3 is 0 Å². The molecule has 0 saturated heterocycles. The molecule has 0 aromatic heterocycles. The summed E-state index contributed by atoms with van der Waals surface area (Å²) in [5.74, 6) is 2.94. The summed E-state index contributed by atoms with van der Waals surface area (Å²) in [6.07, 6.45) is 6.68. The number of ether oxygens (including phenoxy) is 2. The Morgan fingerprint density at radius 1 is 1.16 bits per heavy atom. The van der Waals surface area contributed by atoms with Gasteiger partial charge in [-0.3, -0.25) is 4.79 Å². The normalized spacial score (nSPS) is 16.5. The molecule has 1 saturated carbocycles. The number of hydrogen-bond donors (Lipinski definition) is 1. The van der Waals surface area contributed by atoms with E-state index in [2.05, 4.69) is 19.2 Å². The molecule has 1 atom stereocenters. The van der Waals surface area contributed by atoms with E-state index in [4.69, 9.17) is 9.47 Å². The van der Waals surface area contributed by atoms with Gasteiger partial charge in [0.1, 0.15) is 0 Å². The molecule has 2 rings (SSSR count). The zero-order valence-electron chi connectivity index (χ0n) is 15.9. The Morgan fingerprint density at radius 2 is 1.84 bits per heavy atom. The van der Waals surface area contributed by atoms with Crippen LogP contribution in [0.4, 0.5) is 0 Å². The highest BCUT2D eigenvalue weighted by atomic mass is 16.5. The van der Waals surface area contributed by atoms with E-state index in [1.165, 1.54) is 19.3 Å². The highest BCUT2D eigenvalue weighted by Crippen LogP contribution is 2.27. The van der Waals surface area contributed by atoms with Crippen LogP contribution >= 0.6 is 0 Å². The minimum atomic E-state index is 0.228. The van der Waals surface area contributed by atoms with Crippen molar-refractivity contribution in [2.45, 2.75) is 52.4 Å². The molecule has 4 nitrogen and oxygen atoms in total. The number of benzene rings is 1. The average Bonchev–Trinajstić information content (AvgIpc) is 2.65. The summed E-state index contributed by atoms with van der Waals surface area (Å²) in [4.78, 5) is 12.3. The van der Waals surface area contributed by atoms with Crippen molar-refractivity contribution in [2.75, 3.05) is 20.3 Å². The minimum Gasteiger partial charge on any atom is -0.493 e. The van der Waals surface area contributed by atoms with Crippen molar-refractivity contribution in [2.24, 2.45) is 17.8 Å². The van der Waals surface area contributed by atoms with Gasteiger partial charge in [0.15, 0.2) is 11.5 Å². The van der Waals surface area contributed by atoms with Crippen LogP contribution in [0.2, 0.25) is 0 Å². The maximum Gasteiger partial charge on any atom is 0.223 e. The molecule has 1 N–H and O–H groups in total. The molecule has 1 aliphatic carbocycles. The van der Waals surface area contributed by atoms with Gasteiger partial charge in [-0.05, 0) is 43.2 Å². The van der Waals surface area contributed by atoms with Crippen molar-refractivity contribution in [1.29, 1.82) is 0 Å². The zero-order valence-corrected chi connectivity index (χ0v) is 15.9. The molecule has 0 radical (unpaired) electrons. The van der Waals surface area contributed by atoms with E-state index in [0.29, 0.717) is 18.4 Å². The smallest absolute Gasteiger partial charge is 0.223 e. The van der Waals surface area contributed by atoms with Crippen LogP contribution in [0.25, 0.3) is 0 Å². The number of rotatable bonds is 9. The molecule has 1 aromatic carbocycles. The standard InChI is InChI=1S/C21H33NO3/c1-16(2)18(15-22-21(23)17-9-5-4-6-10-17)13-14-25-20-12-8-7-11-19(20)24-3/h7-8,11-12,16-18H,4-6,9-10,13-15H2,1-3H3,(H,22,23). The molecule has 140 valence electrons. The predicted molar refractivity (Wildman–Crippen MR) is 101 cm³/mol. The third-order valence-electron chi connectivity index (χ3n) is 5.27. The molecule has 1 amide bonds. The van der Waals surface area contributed by atoms with Crippen LogP contribution < -0.4 is 14.8 Å². The Bertz CT molecular complexity index is 524. The Balaban J connectivity index is 1.77. The number of para-hydroxylation sites is 2. The lowest BCUT2D eigenvalue weighted by Gasteiger charge is -2.25. The van der Waals surface area contributed by atoms with Crippen molar-refractivity contribution in [3.8, 4) is 11.5 Å². The predicted octanol–water partition coefficient (Wildman–Crippen LogP) is 4.43. The van der Waals surface area contributed by atoms with Crippen LogP contribution in [-0.4, -0.2) is 26.2 Å². The van der Waals surface area contributed by atoms with Crippen LogP contribution in [0.5, 0.6) is 11.5 Å². The van der Waals surface area contributed by atoms with Crippen LogP contribution in [0, 0.1) is 17.8 Å². The maximum absolute atomic E-state index is 12.3. The molecule has 1 aliphatic rings. The van der Waals surface area contributed by atoms with Gasteiger partial charge in [0.05, 0.1) is 13.7 Å². The fourth-order valence-electron chi connectivity index (χ4n) is 3.47. The Hall–Kier alpha value is -1.71. The summed E-state index contributed by atoms with van der Waals surface area (Å²) >= 11 is 0. The molecular formula is C21H33NO3. The first-order valence-electron chi connectivity index (χ1n) is 9.65. The van der Waals surface area contributed by atoms with Gasteiger partial charge in [0, 0.05) is 12.5 Å². The molecule has 0 aliphatic heterocycles. The van der Waals surface area contributed by atoms with E-state index in [1.807, 2.05) is 24.3 Å². The lowest BCUT2D eigenvalue weighted by Crippen LogP contribution is -2.37. The van der Waals surface area contributed by atoms with Crippen molar-refractivity contribution in [1.82, 2.24) is 5.32 Å². The number of nitrogens with one attached hydrogen (secondary N) is 1. The van der Waals surface area contributed by atoms with Gasteiger partial charge in [-0.25, -0.2) is 0 Å². The number of carbonyl (C=O) groups is 1. The first kappa shape index (κ1) is 19.6. The lowest BCUT2D eigenvalue weighted by atomic mass is 9.88. The van der Waals surface area contributed by atoms with E-state index in [-0.39, 0.29) is 11.8 Å². The number of hydrogen-bond acceptors (Lipinski definition) is 3. The summed E-state index contributed by atoms with van der Waals surface area (Å²) in [7, 11) is 1.65. The second kappa shape index (κ2) is 10.3. The first-order chi connectivity index (χ1) is 12.1. The number of carbonyl (C=O) groups excluding carboxylic acids is 1. The lowest BCUT2D eigenvalue weighted by molar-refractivity contribution is -0.126. The van der Waals surface area contributed by atoms with Gasteiger partial charge in [0.2, 0.25) is 5.91 Å². The van der Waals surface area contributed by atoms with Gasteiger partial charge in [-0.1, -0.05) is 45.2 Å². The molecule has 1 aromatic rings.